The highest BCUT2D eigenvalue weighted by Gasteiger charge is 2.43. The van der Waals surface area contributed by atoms with Crippen LogP contribution in [0.5, 0.6) is 0 Å². The molecule has 1 saturated carbocycles. The second-order valence-corrected chi connectivity index (χ2v) is 5.42. The standard InChI is InChI=1S/C14H20O3/c1-8-4-5-10-6-11(14(16)17-3)7-12(15)13(10)9(8)2/h4-5,8-11,13H,6-7H2,1-3H3/t8-,9+,10-,11-,13-/m1/s1. The number of hydrogen-bond donors (Lipinski definition) is 0. The molecule has 2 aliphatic rings. The Hall–Kier alpha value is -1.12. The van der Waals surface area contributed by atoms with Gasteiger partial charge < -0.3 is 4.74 Å². The summed E-state index contributed by atoms with van der Waals surface area (Å²) in [6.45, 7) is 4.29. The number of allylic oxidation sites excluding steroid dienone is 2. The summed E-state index contributed by atoms with van der Waals surface area (Å²) in [6.07, 6.45) is 5.43. The number of rotatable bonds is 1. The first kappa shape index (κ1) is 12.3. The normalized spacial score (nSPS) is 40.9. The molecule has 0 unspecified atom stereocenters. The SMILES string of the molecule is COC(=O)[C@H]1CC(=O)[C@@H]2[C@@H](C)[C@H](C)C=C[C@@H]2C1. The molecule has 0 spiro atoms. The molecular weight excluding hydrogens is 216 g/mol. The van der Waals surface area contributed by atoms with Crippen molar-refractivity contribution in [3.8, 4) is 0 Å². The van der Waals surface area contributed by atoms with E-state index in [-0.39, 0.29) is 29.5 Å². The quantitative estimate of drug-likeness (QED) is 0.518. The molecule has 0 heterocycles. The smallest absolute Gasteiger partial charge is 0.309 e. The van der Waals surface area contributed by atoms with E-state index in [1.165, 1.54) is 7.11 Å². The summed E-state index contributed by atoms with van der Waals surface area (Å²) >= 11 is 0. The van der Waals surface area contributed by atoms with E-state index < -0.39 is 0 Å². The van der Waals surface area contributed by atoms with Gasteiger partial charge in [-0.05, 0) is 24.2 Å². The molecular formula is C14H20O3. The van der Waals surface area contributed by atoms with E-state index in [1.54, 1.807) is 0 Å². The van der Waals surface area contributed by atoms with Crippen molar-refractivity contribution in [2.45, 2.75) is 26.7 Å². The molecule has 0 aromatic rings. The Morgan fingerprint density at radius 2 is 2.06 bits per heavy atom. The average Bonchev–Trinajstić information content (AvgIpc) is 2.32. The maximum absolute atomic E-state index is 12.2. The van der Waals surface area contributed by atoms with Crippen LogP contribution in [0.15, 0.2) is 12.2 Å². The van der Waals surface area contributed by atoms with Gasteiger partial charge in [0.1, 0.15) is 5.78 Å². The number of Topliss-reactive ketones (excluding diaryl/α,β-unsaturated/α-hetero) is 1. The van der Waals surface area contributed by atoms with Gasteiger partial charge in [-0.2, -0.15) is 0 Å². The summed E-state index contributed by atoms with van der Waals surface area (Å²) in [5.41, 5.74) is 0. The van der Waals surface area contributed by atoms with Crippen LogP contribution in [-0.4, -0.2) is 18.9 Å². The fourth-order valence-corrected chi connectivity index (χ4v) is 3.22. The van der Waals surface area contributed by atoms with E-state index in [4.69, 9.17) is 4.74 Å². The topological polar surface area (TPSA) is 43.4 Å². The van der Waals surface area contributed by atoms with Crippen LogP contribution in [0.1, 0.15) is 26.7 Å². The lowest BCUT2D eigenvalue weighted by Crippen LogP contribution is -2.42. The molecule has 5 atom stereocenters. The minimum Gasteiger partial charge on any atom is -0.469 e. The Morgan fingerprint density at radius 3 is 2.71 bits per heavy atom. The monoisotopic (exact) mass is 236 g/mol. The molecule has 1 fully saturated rings. The summed E-state index contributed by atoms with van der Waals surface area (Å²) in [5.74, 6) is 0.935. The van der Waals surface area contributed by atoms with Gasteiger partial charge >= 0.3 is 5.97 Å². The molecule has 3 heteroatoms. The predicted molar refractivity (Wildman–Crippen MR) is 64.2 cm³/mol. The fourth-order valence-electron chi connectivity index (χ4n) is 3.22. The van der Waals surface area contributed by atoms with Crippen LogP contribution < -0.4 is 0 Å². The molecule has 0 amide bonds. The van der Waals surface area contributed by atoms with Crippen molar-refractivity contribution < 1.29 is 14.3 Å². The van der Waals surface area contributed by atoms with Gasteiger partial charge in [0.05, 0.1) is 13.0 Å². The number of ether oxygens (including phenoxy) is 1. The highest BCUT2D eigenvalue weighted by molar-refractivity contribution is 5.88. The third-order valence-electron chi connectivity index (χ3n) is 4.43. The van der Waals surface area contributed by atoms with Crippen molar-refractivity contribution in [1.29, 1.82) is 0 Å². The van der Waals surface area contributed by atoms with Crippen LogP contribution >= 0.6 is 0 Å². The zero-order valence-corrected chi connectivity index (χ0v) is 10.7. The number of methoxy groups -OCH3 is 1. The van der Waals surface area contributed by atoms with E-state index in [0.717, 1.165) is 6.42 Å². The average molecular weight is 236 g/mol. The van der Waals surface area contributed by atoms with Gasteiger partial charge in [-0.3, -0.25) is 9.59 Å². The summed E-state index contributed by atoms with van der Waals surface area (Å²) in [5, 5.41) is 0. The first-order valence-corrected chi connectivity index (χ1v) is 6.33. The van der Waals surface area contributed by atoms with Crippen molar-refractivity contribution >= 4 is 11.8 Å². The first-order chi connectivity index (χ1) is 8.04. The summed E-state index contributed by atoms with van der Waals surface area (Å²) in [6, 6.07) is 0. The number of fused-ring (bicyclic) bond motifs is 1. The van der Waals surface area contributed by atoms with Crippen molar-refractivity contribution in [1.82, 2.24) is 0 Å². The number of ketones is 1. The molecule has 2 aliphatic carbocycles. The van der Waals surface area contributed by atoms with Gasteiger partial charge in [0.2, 0.25) is 0 Å². The molecule has 0 N–H and O–H groups in total. The van der Waals surface area contributed by atoms with Crippen LogP contribution in [0.2, 0.25) is 0 Å². The number of hydrogen-bond acceptors (Lipinski definition) is 3. The van der Waals surface area contributed by atoms with Gasteiger partial charge in [-0.1, -0.05) is 26.0 Å². The second-order valence-electron chi connectivity index (χ2n) is 5.42. The van der Waals surface area contributed by atoms with Gasteiger partial charge in [0, 0.05) is 12.3 Å². The van der Waals surface area contributed by atoms with E-state index in [1.807, 2.05) is 0 Å². The highest BCUT2D eigenvalue weighted by Crippen LogP contribution is 2.42. The Balaban J connectivity index is 2.18. The molecule has 0 aromatic heterocycles. The minimum atomic E-state index is -0.239. The van der Waals surface area contributed by atoms with Gasteiger partial charge in [0.15, 0.2) is 0 Å². The zero-order chi connectivity index (χ0) is 12.6. The molecule has 0 aliphatic heterocycles. The van der Waals surface area contributed by atoms with Crippen LogP contribution in [0.3, 0.4) is 0 Å². The Morgan fingerprint density at radius 1 is 1.35 bits per heavy atom. The molecule has 2 rings (SSSR count). The van der Waals surface area contributed by atoms with Crippen molar-refractivity contribution in [3.63, 3.8) is 0 Å². The molecule has 0 aromatic carbocycles. The third-order valence-corrected chi connectivity index (χ3v) is 4.43. The van der Waals surface area contributed by atoms with Crippen LogP contribution in [0.25, 0.3) is 0 Å². The number of carbonyl (C=O) groups excluding carboxylic acids is 2. The molecule has 3 nitrogen and oxygen atoms in total. The molecule has 0 radical (unpaired) electrons. The van der Waals surface area contributed by atoms with Crippen LogP contribution in [-0.2, 0) is 14.3 Å². The molecule has 0 saturated heterocycles. The maximum Gasteiger partial charge on any atom is 0.309 e. The number of esters is 1. The van der Waals surface area contributed by atoms with E-state index >= 15 is 0 Å². The Kier molecular flexibility index (Phi) is 3.36. The Labute approximate surface area is 102 Å². The number of carbonyl (C=O) groups is 2. The summed E-state index contributed by atoms with van der Waals surface area (Å²) < 4.78 is 4.75. The van der Waals surface area contributed by atoms with Gasteiger partial charge in [-0.25, -0.2) is 0 Å². The van der Waals surface area contributed by atoms with Gasteiger partial charge in [0.25, 0.3) is 0 Å². The minimum absolute atomic E-state index is 0.107. The largest absolute Gasteiger partial charge is 0.469 e. The Bertz CT molecular complexity index is 358. The predicted octanol–water partition coefficient (Wildman–Crippen LogP) is 2.21. The zero-order valence-electron chi connectivity index (χ0n) is 10.7. The summed E-state index contributed by atoms with van der Waals surface area (Å²) in [7, 11) is 1.39. The van der Waals surface area contributed by atoms with Gasteiger partial charge in [-0.15, -0.1) is 0 Å². The third kappa shape index (κ3) is 2.15. The van der Waals surface area contributed by atoms with Crippen LogP contribution in [0, 0.1) is 29.6 Å². The van der Waals surface area contributed by atoms with E-state index in [0.29, 0.717) is 18.3 Å². The second kappa shape index (κ2) is 4.63. The van der Waals surface area contributed by atoms with E-state index in [9.17, 15) is 9.59 Å². The highest BCUT2D eigenvalue weighted by atomic mass is 16.5. The summed E-state index contributed by atoms with van der Waals surface area (Å²) in [4.78, 5) is 23.7. The lowest BCUT2D eigenvalue weighted by Gasteiger charge is -2.40. The molecule has 17 heavy (non-hydrogen) atoms. The maximum atomic E-state index is 12.2. The molecule has 0 bridgehead atoms. The van der Waals surface area contributed by atoms with E-state index in [2.05, 4.69) is 26.0 Å². The lowest BCUT2D eigenvalue weighted by molar-refractivity contribution is -0.151. The van der Waals surface area contributed by atoms with Crippen molar-refractivity contribution in [3.05, 3.63) is 12.2 Å². The first-order valence-electron chi connectivity index (χ1n) is 6.33. The molecule has 94 valence electrons. The van der Waals surface area contributed by atoms with Crippen molar-refractivity contribution in [2.75, 3.05) is 7.11 Å². The fraction of sp³-hybridized carbons (Fsp3) is 0.714. The van der Waals surface area contributed by atoms with Crippen molar-refractivity contribution in [2.24, 2.45) is 29.6 Å². The lowest BCUT2D eigenvalue weighted by atomic mass is 9.63. The van der Waals surface area contributed by atoms with Crippen LogP contribution in [0.4, 0.5) is 0 Å².